The van der Waals surface area contributed by atoms with Gasteiger partial charge in [0, 0.05) is 18.7 Å². The molecule has 0 spiro atoms. The van der Waals surface area contributed by atoms with Gasteiger partial charge in [-0.25, -0.2) is 4.79 Å². The fraction of sp³-hybridized carbons (Fsp3) is 0.385. The number of benzene rings is 1. The van der Waals surface area contributed by atoms with Crippen LogP contribution in [0.25, 0.3) is 0 Å². The summed E-state index contributed by atoms with van der Waals surface area (Å²) in [5.41, 5.74) is 0.264. The molecule has 1 atom stereocenters. The quantitative estimate of drug-likeness (QED) is 0.737. The summed E-state index contributed by atoms with van der Waals surface area (Å²) in [5.74, 6) is -0.180. The van der Waals surface area contributed by atoms with Crippen molar-refractivity contribution in [3.8, 4) is 0 Å². The zero-order valence-corrected chi connectivity index (χ0v) is 9.72. The molecule has 3 amide bonds. The summed E-state index contributed by atoms with van der Waals surface area (Å²) in [6.45, 7) is 3.43. The summed E-state index contributed by atoms with van der Waals surface area (Å²) in [6, 6.07) is 8.84. The number of rotatable bonds is 1. The van der Waals surface area contributed by atoms with Crippen LogP contribution in [0.2, 0.25) is 0 Å². The molecule has 0 N–H and O–H groups in total. The van der Waals surface area contributed by atoms with Gasteiger partial charge in [-0.1, -0.05) is 18.2 Å². The second-order valence-corrected chi connectivity index (χ2v) is 4.96. The lowest BCUT2D eigenvalue weighted by molar-refractivity contribution is 0.0675. The monoisotopic (exact) mass is 230 g/mol. The highest BCUT2D eigenvalue weighted by molar-refractivity contribution is 6.06. The van der Waals surface area contributed by atoms with E-state index in [2.05, 4.69) is 0 Å². The average Bonchev–Trinajstić information content (AvgIpc) is 2.83. The fourth-order valence-corrected chi connectivity index (χ4v) is 2.71. The standard InChI is InChI=1S/C13H14N2O2/c1-13-7-8-14(9-13)12(17)15(13)11(16)10-5-3-2-4-6-10/h2-6H,7-9H2,1H3. The highest BCUT2D eigenvalue weighted by Gasteiger charge is 2.54. The molecule has 0 aliphatic carbocycles. The molecule has 4 heteroatoms. The molecule has 2 heterocycles. The lowest BCUT2D eigenvalue weighted by Crippen LogP contribution is -2.50. The Balaban J connectivity index is 1.96. The van der Waals surface area contributed by atoms with Gasteiger partial charge in [-0.05, 0) is 25.5 Å². The second-order valence-electron chi connectivity index (χ2n) is 4.96. The van der Waals surface area contributed by atoms with Crippen LogP contribution in [0.3, 0.4) is 0 Å². The van der Waals surface area contributed by atoms with Crippen molar-refractivity contribution in [2.75, 3.05) is 13.1 Å². The topological polar surface area (TPSA) is 40.6 Å². The summed E-state index contributed by atoms with van der Waals surface area (Å²) in [5, 5.41) is 0. The molecule has 88 valence electrons. The molecule has 4 nitrogen and oxygen atoms in total. The smallest absolute Gasteiger partial charge is 0.322 e. The molecule has 2 saturated heterocycles. The third kappa shape index (κ3) is 1.37. The van der Waals surface area contributed by atoms with Gasteiger partial charge in [0.2, 0.25) is 0 Å². The van der Waals surface area contributed by atoms with E-state index in [0.717, 1.165) is 13.0 Å². The van der Waals surface area contributed by atoms with Crippen molar-refractivity contribution in [3.05, 3.63) is 35.9 Å². The van der Waals surface area contributed by atoms with E-state index in [1.54, 1.807) is 17.0 Å². The molecule has 0 saturated carbocycles. The third-order valence-corrected chi connectivity index (χ3v) is 3.68. The predicted molar refractivity (Wildman–Crippen MR) is 62.6 cm³/mol. The Labute approximate surface area is 99.8 Å². The molecule has 2 bridgehead atoms. The Bertz CT molecular complexity index is 485. The van der Waals surface area contributed by atoms with Gasteiger partial charge in [-0.2, -0.15) is 0 Å². The molecule has 1 aromatic carbocycles. The first-order chi connectivity index (χ1) is 8.12. The van der Waals surface area contributed by atoms with Crippen molar-refractivity contribution in [2.45, 2.75) is 18.9 Å². The summed E-state index contributed by atoms with van der Waals surface area (Å²) >= 11 is 0. The van der Waals surface area contributed by atoms with Crippen LogP contribution in [-0.2, 0) is 0 Å². The van der Waals surface area contributed by atoms with Gasteiger partial charge in [-0.3, -0.25) is 9.69 Å². The van der Waals surface area contributed by atoms with Crippen molar-refractivity contribution >= 4 is 11.9 Å². The van der Waals surface area contributed by atoms with Crippen LogP contribution in [0, 0.1) is 0 Å². The average molecular weight is 230 g/mol. The first-order valence-electron chi connectivity index (χ1n) is 5.80. The van der Waals surface area contributed by atoms with Crippen LogP contribution >= 0.6 is 0 Å². The Morgan fingerprint density at radius 2 is 2.00 bits per heavy atom. The van der Waals surface area contributed by atoms with E-state index in [1.807, 2.05) is 25.1 Å². The normalized spacial score (nSPS) is 26.8. The van der Waals surface area contributed by atoms with Crippen LogP contribution < -0.4 is 0 Å². The molecule has 1 unspecified atom stereocenters. The van der Waals surface area contributed by atoms with Crippen LogP contribution in [0.1, 0.15) is 23.7 Å². The van der Waals surface area contributed by atoms with Crippen molar-refractivity contribution in [1.29, 1.82) is 0 Å². The van der Waals surface area contributed by atoms with Crippen LogP contribution in [0.4, 0.5) is 4.79 Å². The van der Waals surface area contributed by atoms with Crippen molar-refractivity contribution < 1.29 is 9.59 Å². The van der Waals surface area contributed by atoms with Gasteiger partial charge >= 0.3 is 6.03 Å². The Morgan fingerprint density at radius 1 is 1.29 bits per heavy atom. The molecule has 2 aliphatic heterocycles. The van der Waals surface area contributed by atoms with Crippen molar-refractivity contribution in [3.63, 3.8) is 0 Å². The molecule has 2 fully saturated rings. The fourth-order valence-electron chi connectivity index (χ4n) is 2.71. The molecular weight excluding hydrogens is 216 g/mol. The van der Waals surface area contributed by atoms with E-state index < -0.39 is 0 Å². The number of carbonyl (C=O) groups excluding carboxylic acids is 2. The summed E-state index contributed by atoms with van der Waals surface area (Å²) < 4.78 is 0. The summed E-state index contributed by atoms with van der Waals surface area (Å²) in [6.07, 6.45) is 0.872. The number of fused-ring (bicyclic) bond motifs is 2. The molecule has 1 aromatic rings. The van der Waals surface area contributed by atoms with Gasteiger partial charge in [0.1, 0.15) is 0 Å². The lowest BCUT2D eigenvalue weighted by Gasteiger charge is -2.32. The first-order valence-corrected chi connectivity index (χ1v) is 5.80. The van der Waals surface area contributed by atoms with Gasteiger partial charge in [0.25, 0.3) is 5.91 Å². The van der Waals surface area contributed by atoms with Crippen molar-refractivity contribution in [2.24, 2.45) is 0 Å². The van der Waals surface area contributed by atoms with Crippen LogP contribution in [0.15, 0.2) is 30.3 Å². The maximum absolute atomic E-state index is 12.3. The van der Waals surface area contributed by atoms with Crippen LogP contribution in [0.5, 0.6) is 0 Å². The van der Waals surface area contributed by atoms with E-state index in [4.69, 9.17) is 0 Å². The molecule has 17 heavy (non-hydrogen) atoms. The van der Waals surface area contributed by atoms with E-state index in [1.165, 1.54) is 4.90 Å². The lowest BCUT2D eigenvalue weighted by atomic mass is 9.99. The number of urea groups is 1. The molecule has 0 aromatic heterocycles. The number of carbonyl (C=O) groups is 2. The Hall–Kier alpha value is -1.84. The van der Waals surface area contributed by atoms with Gasteiger partial charge < -0.3 is 4.90 Å². The SMILES string of the molecule is CC12CCN(C1)C(=O)N2C(=O)c1ccccc1. The number of amides is 3. The summed E-state index contributed by atoms with van der Waals surface area (Å²) in [7, 11) is 0. The second kappa shape index (κ2) is 3.32. The molecule has 2 aliphatic rings. The van der Waals surface area contributed by atoms with E-state index >= 15 is 0 Å². The zero-order valence-electron chi connectivity index (χ0n) is 9.72. The maximum atomic E-state index is 12.3. The maximum Gasteiger partial charge on any atom is 0.327 e. The highest BCUT2D eigenvalue weighted by Crippen LogP contribution is 2.36. The van der Waals surface area contributed by atoms with Crippen LogP contribution in [-0.4, -0.2) is 40.4 Å². The molecule has 3 rings (SSSR count). The Kier molecular flexibility index (Phi) is 2.02. The third-order valence-electron chi connectivity index (χ3n) is 3.68. The number of hydrogen-bond acceptors (Lipinski definition) is 2. The zero-order chi connectivity index (χ0) is 12.0. The van der Waals surface area contributed by atoms with Gasteiger partial charge in [0.05, 0.1) is 5.54 Å². The molecule has 0 radical (unpaired) electrons. The van der Waals surface area contributed by atoms with Gasteiger partial charge in [0.15, 0.2) is 0 Å². The highest BCUT2D eigenvalue weighted by atomic mass is 16.2. The van der Waals surface area contributed by atoms with E-state index in [-0.39, 0.29) is 17.5 Å². The first kappa shape index (κ1) is 10.3. The van der Waals surface area contributed by atoms with E-state index in [9.17, 15) is 9.59 Å². The number of imide groups is 1. The largest absolute Gasteiger partial charge is 0.327 e. The predicted octanol–water partition coefficient (Wildman–Crippen LogP) is 1.73. The minimum Gasteiger partial charge on any atom is -0.322 e. The minimum atomic E-state index is -0.315. The number of hydrogen-bond donors (Lipinski definition) is 0. The number of nitrogens with zero attached hydrogens (tertiary/aromatic N) is 2. The molecular formula is C13H14N2O2. The van der Waals surface area contributed by atoms with Crippen molar-refractivity contribution in [1.82, 2.24) is 9.80 Å². The summed E-state index contributed by atoms with van der Waals surface area (Å²) in [4.78, 5) is 27.5. The Morgan fingerprint density at radius 3 is 2.59 bits per heavy atom. The van der Waals surface area contributed by atoms with Gasteiger partial charge in [-0.15, -0.1) is 0 Å². The van der Waals surface area contributed by atoms with E-state index in [0.29, 0.717) is 12.1 Å². The minimum absolute atomic E-state index is 0.146.